The minimum atomic E-state index is -0.660. The number of pyridine rings is 2. The molecule has 7 heteroatoms. The van der Waals surface area contributed by atoms with E-state index in [9.17, 15) is 9.59 Å². The second-order valence-electron chi connectivity index (χ2n) is 6.32. The first-order valence-electron chi connectivity index (χ1n) is 9.22. The summed E-state index contributed by atoms with van der Waals surface area (Å²) < 4.78 is 0. The average molecular weight is 585 g/mol. The summed E-state index contributed by atoms with van der Waals surface area (Å²) in [6, 6.07) is 29.3. The molecule has 0 atom stereocenters. The fourth-order valence-corrected chi connectivity index (χ4v) is 2.85. The van der Waals surface area contributed by atoms with Gasteiger partial charge in [-0.15, -0.1) is 35.9 Å². The number of fused-ring (bicyclic) bond motifs is 1. The van der Waals surface area contributed by atoms with Crippen molar-refractivity contribution in [1.29, 1.82) is 0 Å². The molecule has 0 bridgehead atoms. The monoisotopic (exact) mass is 585 g/mol. The maximum absolute atomic E-state index is 11.2. The summed E-state index contributed by atoms with van der Waals surface area (Å²) in [5.41, 5.74) is 2.47. The van der Waals surface area contributed by atoms with Crippen molar-refractivity contribution in [3.05, 3.63) is 118 Å². The van der Waals surface area contributed by atoms with Crippen molar-refractivity contribution < 1.29 is 20.1 Å². The molecule has 0 aliphatic rings. The first-order valence-corrected chi connectivity index (χ1v) is 9.22. The van der Waals surface area contributed by atoms with Crippen LogP contribution in [0.5, 0.6) is 0 Å². The molecule has 0 amide bonds. The summed E-state index contributed by atoms with van der Waals surface area (Å²) in [5, 5.41) is 0.994. The van der Waals surface area contributed by atoms with E-state index in [0.717, 1.165) is 22.2 Å². The third-order valence-electron chi connectivity index (χ3n) is 4.23. The molecule has 0 aliphatic heterocycles. The van der Waals surface area contributed by atoms with Gasteiger partial charge in [-0.05, 0) is 35.7 Å². The van der Waals surface area contributed by atoms with Gasteiger partial charge in [0.1, 0.15) is 0 Å². The molecule has 0 spiro atoms. The van der Waals surface area contributed by atoms with Crippen LogP contribution in [0, 0.1) is 6.07 Å². The zero-order valence-electron chi connectivity index (χ0n) is 16.2. The molecule has 0 saturated heterocycles. The SMILES string of the molecule is O=c1cc(-c2ccc3ccccc3n2)[n-]c(=O)[nH]1.[Ir].[c-]1ccccc1-c1ccccn1. The number of aromatic amines is 1. The molecule has 5 rings (SSSR count). The van der Waals surface area contributed by atoms with Gasteiger partial charge in [0.05, 0.1) is 11.2 Å². The van der Waals surface area contributed by atoms with Gasteiger partial charge < -0.3 is 15.0 Å². The van der Waals surface area contributed by atoms with E-state index in [1.54, 1.807) is 12.3 Å². The fraction of sp³-hybridized carbons (Fsp3) is 0. The van der Waals surface area contributed by atoms with Gasteiger partial charge in [-0.3, -0.25) is 9.59 Å². The van der Waals surface area contributed by atoms with Gasteiger partial charge in [0.25, 0.3) is 0 Å². The Labute approximate surface area is 191 Å². The molecule has 0 fully saturated rings. The van der Waals surface area contributed by atoms with Crippen molar-refractivity contribution in [2.24, 2.45) is 0 Å². The van der Waals surface area contributed by atoms with Crippen molar-refractivity contribution in [2.75, 3.05) is 0 Å². The second kappa shape index (κ2) is 10.4. The van der Waals surface area contributed by atoms with E-state index in [4.69, 9.17) is 0 Å². The van der Waals surface area contributed by atoms with Crippen LogP contribution in [0.3, 0.4) is 0 Å². The van der Waals surface area contributed by atoms with E-state index < -0.39 is 11.2 Å². The molecule has 2 aromatic carbocycles. The van der Waals surface area contributed by atoms with Crippen LogP contribution in [0.15, 0.2) is 101 Å². The number of hydrogen-bond donors (Lipinski definition) is 1. The summed E-state index contributed by atoms with van der Waals surface area (Å²) in [6.07, 6.45) is 1.79. The summed E-state index contributed by atoms with van der Waals surface area (Å²) in [7, 11) is 0. The van der Waals surface area contributed by atoms with E-state index in [0.29, 0.717) is 5.69 Å². The van der Waals surface area contributed by atoms with Crippen LogP contribution in [0.25, 0.3) is 33.5 Å². The maximum atomic E-state index is 11.2. The first-order chi connectivity index (χ1) is 14.7. The minimum Gasteiger partial charge on any atom is -0.399 e. The molecule has 3 heterocycles. The predicted molar refractivity (Wildman–Crippen MR) is 116 cm³/mol. The Kier molecular flexibility index (Phi) is 7.38. The Morgan fingerprint density at radius 2 is 1.65 bits per heavy atom. The van der Waals surface area contributed by atoms with E-state index in [1.165, 1.54) is 6.07 Å². The van der Waals surface area contributed by atoms with Gasteiger partial charge in [-0.25, -0.2) is 4.98 Å². The predicted octanol–water partition coefficient (Wildman–Crippen LogP) is 3.45. The zero-order chi connectivity index (χ0) is 20.8. The van der Waals surface area contributed by atoms with Gasteiger partial charge in [-0.1, -0.05) is 36.4 Å². The third kappa shape index (κ3) is 5.69. The zero-order valence-corrected chi connectivity index (χ0v) is 18.5. The Balaban J connectivity index is 0.000000183. The number of rotatable bonds is 2. The molecule has 0 unspecified atom stereocenters. The Morgan fingerprint density at radius 1 is 0.839 bits per heavy atom. The first kappa shape index (κ1) is 22.0. The van der Waals surface area contributed by atoms with Crippen LogP contribution < -0.4 is 16.2 Å². The Morgan fingerprint density at radius 3 is 2.39 bits per heavy atom. The average Bonchev–Trinajstić information content (AvgIpc) is 2.80. The Hall–Kier alpha value is -3.67. The van der Waals surface area contributed by atoms with Crippen molar-refractivity contribution in [2.45, 2.75) is 0 Å². The standard InChI is InChI=1S/C13H9N3O2.C11H8N.Ir/c17-12-7-11(15-13(18)16-12)10-6-5-8-3-1-2-4-9(8)14-10;1-2-6-10(7-3-1)11-8-4-5-9-12-11;/h1-7H,(H2,15,16,17,18);1-6,8-9H;/q;-1;/p-1. The van der Waals surface area contributed by atoms with Crippen LogP contribution in [0.1, 0.15) is 0 Å². The molecule has 3 aromatic heterocycles. The number of H-pyrrole nitrogens is 1. The number of para-hydroxylation sites is 1. The maximum Gasteiger partial charge on any atom is 0.171 e. The summed E-state index contributed by atoms with van der Waals surface area (Å²) in [6.45, 7) is 0. The molecule has 31 heavy (non-hydrogen) atoms. The number of nitrogens with one attached hydrogen (secondary N) is 1. The molecular formula is C24H16IrN4O2-2. The summed E-state index contributed by atoms with van der Waals surface area (Å²) in [4.78, 5) is 36.8. The van der Waals surface area contributed by atoms with Crippen molar-refractivity contribution in [3.8, 4) is 22.6 Å². The molecule has 0 aliphatic carbocycles. The normalized spacial score (nSPS) is 9.94. The van der Waals surface area contributed by atoms with Crippen molar-refractivity contribution in [3.63, 3.8) is 0 Å². The van der Waals surface area contributed by atoms with Crippen molar-refractivity contribution >= 4 is 10.9 Å². The van der Waals surface area contributed by atoms with Crippen molar-refractivity contribution in [1.82, 2.24) is 19.9 Å². The van der Waals surface area contributed by atoms with Gasteiger partial charge in [-0.2, -0.15) is 0 Å². The number of aromatic nitrogens is 4. The van der Waals surface area contributed by atoms with E-state index >= 15 is 0 Å². The topological polar surface area (TPSA) is 89.8 Å². The quantitative estimate of drug-likeness (QED) is 0.321. The fourth-order valence-electron chi connectivity index (χ4n) is 2.85. The summed E-state index contributed by atoms with van der Waals surface area (Å²) in [5.74, 6) is 0. The van der Waals surface area contributed by atoms with Crippen LogP contribution in [0.2, 0.25) is 0 Å². The van der Waals surface area contributed by atoms with E-state index in [2.05, 4.69) is 26.0 Å². The smallest absolute Gasteiger partial charge is 0.171 e. The van der Waals surface area contributed by atoms with E-state index in [-0.39, 0.29) is 25.8 Å². The largest absolute Gasteiger partial charge is 0.399 e. The van der Waals surface area contributed by atoms with E-state index in [1.807, 2.05) is 72.8 Å². The number of nitrogens with zero attached hydrogens (tertiary/aromatic N) is 3. The Bertz CT molecular complexity index is 1320. The van der Waals surface area contributed by atoms with Gasteiger partial charge >= 0.3 is 0 Å². The third-order valence-corrected chi connectivity index (χ3v) is 4.23. The molecule has 1 N–H and O–H groups in total. The molecule has 1 radical (unpaired) electrons. The van der Waals surface area contributed by atoms with Crippen LogP contribution in [-0.2, 0) is 20.1 Å². The molecule has 155 valence electrons. The number of hydrogen-bond acceptors (Lipinski definition) is 4. The van der Waals surface area contributed by atoms with Gasteiger partial charge in [0.15, 0.2) is 11.2 Å². The second-order valence-corrected chi connectivity index (χ2v) is 6.32. The summed E-state index contributed by atoms with van der Waals surface area (Å²) >= 11 is 0. The molecular weight excluding hydrogens is 569 g/mol. The van der Waals surface area contributed by atoms with Gasteiger partial charge in [0, 0.05) is 31.7 Å². The number of benzene rings is 2. The molecule has 6 nitrogen and oxygen atoms in total. The van der Waals surface area contributed by atoms with Gasteiger partial charge in [0.2, 0.25) is 0 Å². The van der Waals surface area contributed by atoms with Crippen LogP contribution >= 0.6 is 0 Å². The minimum absolute atomic E-state index is 0. The molecule has 5 aromatic rings. The molecule has 0 saturated carbocycles. The van der Waals surface area contributed by atoms with Crippen LogP contribution in [-0.4, -0.2) is 15.0 Å². The van der Waals surface area contributed by atoms with Crippen LogP contribution in [0.4, 0.5) is 0 Å².